The minimum atomic E-state index is 0.439. The van der Waals surface area contributed by atoms with Gasteiger partial charge in [-0.15, -0.1) is 0 Å². The standard InChI is InChI=1S/C18H37NO.C3H6O/c1-4-5-6-7-8-9-10-11-12-13-14-15-18(20)16-17-19(2)3;1-2-3-4/h4-17H2,1-3H3;3H,2H2,1H3. The first-order valence-electron chi connectivity index (χ1n) is 10.2. The maximum Gasteiger partial charge on any atom is 0.134 e. The predicted octanol–water partition coefficient (Wildman–Crippen LogP) is 5.80. The van der Waals surface area contributed by atoms with E-state index in [2.05, 4.69) is 11.8 Å². The van der Waals surface area contributed by atoms with E-state index in [9.17, 15) is 9.59 Å². The van der Waals surface area contributed by atoms with Crippen molar-refractivity contribution in [1.29, 1.82) is 0 Å². The van der Waals surface area contributed by atoms with E-state index in [1.54, 1.807) is 0 Å². The molecule has 0 radical (unpaired) electrons. The summed E-state index contributed by atoms with van der Waals surface area (Å²) in [5.41, 5.74) is 0. The number of nitrogens with zero attached hydrogens (tertiary/aromatic N) is 1. The van der Waals surface area contributed by atoms with Crippen LogP contribution in [0.5, 0.6) is 0 Å². The summed E-state index contributed by atoms with van der Waals surface area (Å²) in [7, 11) is 4.05. The summed E-state index contributed by atoms with van der Waals surface area (Å²) in [4.78, 5) is 22.8. The molecular weight excluding hydrogens is 298 g/mol. The van der Waals surface area contributed by atoms with Crippen LogP contribution in [-0.2, 0) is 9.59 Å². The molecule has 0 spiro atoms. The first-order chi connectivity index (χ1) is 11.6. The van der Waals surface area contributed by atoms with E-state index in [0.717, 1.165) is 32.1 Å². The third-order valence-electron chi connectivity index (χ3n) is 4.06. The fourth-order valence-corrected chi connectivity index (χ4v) is 2.46. The van der Waals surface area contributed by atoms with E-state index in [0.29, 0.717) is 12.2 Å². The Kier molecular flexibility index (Phi) is 23.7. The van der Waals surface area contributed by atoms with Gasteiger partial charge in [-0.1, -0.05) is 78.1 Å². The number of hydrogen-bond donors (Lipinski definition) is 0. The molecule has 0 aromatic rings. The second-order valence-electron chi connectivity index (χ2n) is 6.95. The maximum absolute atomic E-state index is 11.6. The molecule has 144 valence electrons. The number of Topliss-reactive ketones (excluding diaryl/α,β-unsaturated/α-hetero) is 1. The lowest BCUT2D eigenvalue weighted by atomic mass is 10.0. The predicted molar refractivity (Wildman–Crippen MR) is 106 cm³/mol. The fraction of sp³-hybridized carbons (Fsp3) is 0.905. The molecule has 0 aliphatic carbocycles. The smallest absolute Gasteiger partial charge is 0.134 e. The summed E-state index contributed by atoms with van der Waals surface area (Å²) >= 11 is 0. The van der Waals surface area contributed by atoms with Gasteiger partial charge in [-0.3, -0.25) is 4.79 Å². The van der Waals surface area contributed by atoms with Crippen LogP contribution in [0.15, 0.2) is 0 Å². The molecule has 0 N–H and O–H groups in total. The topological polar surface area (TPSA) is 37.4 Å². The van der Waals surface area contributed by atoms with Crippen molar-refractivity contribution in [3.63, 3.8) is 0 Å². The van der Waals surface area contributed by atoms with Crippen LogP contribution in [0.3, 0.4) is 0 Å². The van der Waals surface area contributed by atoms with Crippen molar-refractivity contribution < 1.29 is 9.59 Å². The second-order valence-corrected chi connectivity index (χ2v) is 6.95. The quantitative estimate of drug-likeness (QED) is 0.263. The van der Waals surface area contributed by atoms with Crippen molar-refractivity contribution in [3.8, 4) is 0 Å². The zero-order valence-corrected chi connectivity index (χ0v) is 16.9. The molecule has 0 aliphatic heterocycles. The Morgan fingerprint density at radius 3 is 1.54 bits per heavy atom. The highest BCUT2D eigenvalue weighted by Gasteiger charge is 2.02. The van der Waals surface area contributed by atoms with Gasteiger partial charge < -0.3 is 9.69 Å². The Hall–Kier alpha value is -0.700. The van der Waals surface area contributed by atoms with Crippen molar-refractivity contribution in [2.75, 3.05) is 20.6 Å². The molecule has 0 aliphatic rings. The molecule has 24 heavy (non-hydrogen) atoms. The van der Waals surface area contributed by atoms with E-state index in [4.69, 9.17) is 0 Å². The molecule has 0 rings (SSSR count). The van der Waals surface area contributed by atoms with Gasteiger partial charge in [-0.05, 0) is 20.5 Å². The molecule has 0 saturated heterocycles. The lowest BCUT2D eigenvalue weighted by Crippen LogP contribution is -2.16. The van der Waals surface area contributed by atoms with Gasteiger partial charge in [0.05, 0.1) is 0 Å². The summed E-state index contributed by atoms with van der Waals surface area (Å²) in [6.45, 7) is 4.98. The molecule has 0 aromatic heterocycles. The Morgan fingerprint density at radius 2 is 1.17 bits per heavy atom. The largest absolute Gasteiger partial charge is 0.309 e. The van der Waals surface area contributed by atoms with Crippen molar-refractivity contribution in [2.24, 2.45) is 0 Å². The normalized spacial score (nSPS) is 10.4. The van der Waals surface area contributed by atoms with Gasteiger partial charge >= 0.3 is 0 Å². The van der Waals surface area contributed by atoms with E-state index in [1.807, 2.05) is 21.0 Å². The lowest BCUT2D eigenvalue weighted by molar-refractivity contribution is -0.119. The van der Waals surface area contributed by atoms with E-state index < -0.39 is 0 Å². The Morgan fingerprint density at radius 1 is 0.750 bits per heavy atom. The van der Waals surface area contributed by atoms with Crippen LogP contribution < -0.4 is 0 Å². The molecule has 0 atom stereocenters. The molecule has 0 amide bonds. The van der Waals surface area contributed by atoms with Crippen LogP contribution in [-0.4, -0.2) is 37.6 Å². The number of unbranched alkanes of at least 4 members (excludes halogenated alkanes) is 10. The third kappa shape index (κ3) is 26.2. The molecule has 0 unspecified atom stereocenters. The number of carbonyl (C=O) groups excluding carboxylic acids is 2. The number of hydrogen-bond acceptors (Lipinski definition) is 3. The Balaban J connectivity index is 0. The number of carbonyl (C=O) groups is 2. The van der Waals surface area contributed by atoms with Gasteiger partial charge in [-0.2, -0.15) is 0 Å². The summed E-state index contributed by atoms with van der Waals surface area (Å²) in [6, 6.07) is 0. The van der Waals surface area contributed by atoms with Crippen LogP contribution in [0.1, 0.15) is 104 Å². The zero-order chi connectivity index (χ0) is 18.5. The van der Waals surface area contributed by atoms with Crippen LogP contribution in [0.4, 0.5) is 0 Å². The fourth-order valence-electron chi connectivity index (χ4n) is 2.46. The average molecular weight is 342 g/mol. The molecule has 3 heteroatoms. The molecule has 0 aromatic carbocycles. The molecule has 0 heterocycles. The summed E-state index contributed by atoms with van der Waals surface area (Å²) in [6.07, 6.45) is 17.9. The summed E-state index contributed by atoms with van der Waals surface area (Å²) < 4.78 is 0. The number of aldehydes is 1. The second kappa shape index (κ2) is 22.3. The van der Waals surface area contributed by atoms with E-state index >= 15 is 0 Å². The Bertz CT molecular complexity index is 265. The molecule has 0 bridgehead atoms. The van der Waals surface area contributed by atoms with Gasteiger partial charge in [0.15, 0.2) is 0 Å². The van der Waals surface area contributed by atoms with Crippen molar-refractivity contribution >= 4 is 12.1 Å². The molecule has 3 nitrogen and oxygen atoms in total. The highest BCUT2D eigenvalue weighted by molar-refractivity contribution is 5.78. The number of ketones is 1. The maximum atomic E-state index is 11.6. The number of rotatable bonds is 16. The van der Waals surface area contributed by atoms with Crippen LogP contribution >= 0.6 is 0 Å². The van der Waals surface area contributed by atoms with Gasteiger partial charge in [0, 0.05) is 25.8 Å². The SMILES string of the molecule is CCC=O.CCCCCCCCCCCCCC(=O)CCN(C)C. The van der Waals surface area contributed by atoms with Crippen molar-refractivity contribution in [2.45, 2.75) is 104 Å². The van der Waals surface area contributed by atoms with Gasteiger partial charge in [-0.25, -0.2) is 0 Å². The van der Waals surface area contributed by atoms with Crippen molar-refractivity contribution in [1.82, 2.24) is 4.90 Å². The lowest BCUT2D eigenvalue weighted by Gasteiger charge is -2.08. The first kappa shape index (κ1) is 25.5. The minimum absolute atomic E-state index is 0.439. The first-order valence-corrected chi connectivity index (χ1v) is 10.2. The van der Waals surface area contributed by atoms with Crippen LogP contribution in [0.2, 0.25) is 0 Å². The van der Waals surface area contributed by atoms with Gasteiger partial charge in [0.25, 0.3) is 0 Å². The summed E-state index contributed by atoms with van der Waals surface area (Å²) in [5, 5.41) is 0. The monoisotopic (exact) mass is 341 g/mol. The van der Waals surface area contributed by atoms with Gasteiger partial charge in [0.2, 0.25) is 0 Å². The van der Waals surface area contributed by atoms with E-state index in [-0.39, 0.29) is 0 Å². The highest BCUT2D eigenvalue weighted by atomic mass is 16.1. The highest BCUT2D eigenvalue weighted by Crippen LogP contribution is 2.12. The molecule has 0 fully saturated rings. The van der Waals surface area contributed by atoms with Crippen LogP contribution in [0, 0.1) is 0 Å². The van der Waals surface area contributed by atoms with Gasteiger partial charge in [0.1, 0.15) is 12.1 Å². The van der Waals surface area contributed by atoms with Crippen LogP contribution in [0.25, 0.3) is 0 Å². The molecule has 0 saturated carbocycles. The third-order valence-corrected chi connectivity index (χ3v) is 4.06. The Labute approximate surface area is 151 Å². The minimum Gasteiger partial charge on any atom is -0.309 e. The average Bonchev–Trinajstić information content (AvgIpc) is 2.58. The van der Waals surface area contributed by atoms with Crippen molar-refractivity contribution in [3.05, 3.63) is 0 Å². The molecular formula is C21H43NO2. The van der Waals surface area contributed by atoms with E-state index in [1.165, 1.54) is 64.2 Å². The summed E-state index contributed by atoms with van der Waals surface area (Å²) in [5.74, 6) is 0.439. The zero-order valence-electron chi connectivity index (χ0n) is 16.9.